The Morgan fingerprint density at radius 2 is 1.29 bits per heavy atom. The summed E-state index contributed by atoms with van der Waals surface area (Å²) < 4.78 is 14.8. The Morgan fingerprint density at radius 3 is 1.83 bits per heavy atom. The van der Waals surface area contributed by atoms with Crippen molar-refractivity contribution in [2.75, 3.05) is 39.4 Å². The number of nitrogens with zero attached hydrogens (tertiary/aromatic N) is 4. The van der Waals surface area contributed by atoms with Crippen molar-refractivity contribution < 1.29 is 58.3 Å². The summed E-state index contributed by atoms with van der Waals surface area (Å²) in [6.45, 7) is 1.07. The lowest BCUT2D eigenvalue weighted by atomic mass is 10.1. The van der Waals surface area contributed by atoms with E-state index >= 15 is 0 Å². The van der Waals surface area contributed by atoms with E-state index < -0.39 is 36.2 Å². The Hall–Kier alpha value is -4.15. The maximum absolute atomic E-state index is 12.3. The highest BCUT2D eigenvalue weighted by Gasteiger charge is 2.32. The second-order valence-electron chi connectivity index (χ2n) is 9.44. The maximum Gasteiger partial charge on any atom is 0.321 e. The molecule has 0 fully saturated rings. The lowest BCUT2D eigenvalue weighted by Crippen LogP contribution is -2.52. The molecule has 1 aromatic heterocycles. The highest BCUT2D eigenvalue weighted by Crippen LogP contribution is 2.18. The summed E-state index contributed by atoms with van der Waals surface area (Å²) in [6, 6.07) is 2.84. The van der Waals surface area contributed by atoms with Crippen LogP contribution in [0.3, 0.4) is 0 Å². The zero-order valence-electron chi connectivity index (χ0n) is 23.0. The van der Waals surface area contributed by atoms with E-state index in [1.165, 1.54) is 0 Å². The average molecular weight is 597 g/mol. The molecular weight excluding hydrogens is 560 g/mol. The minimum absolute atomic E-state index is 0.0334. The Balaban J connectivity index is 2.50. The molecule has 16 heteroatoms. The first-order valence-electron chi connectivity index (χ1n) is 13.2. The van der Waals surface area contributed by atoms with Gasteiger partial charge in [-0.1, -0.05) is 6.07 Å². The molecule has 0 saturated heterocycles. The first-order valence-corrected chi connectivity index (χ1v) is 13.2. The lowest BCUT2D eigenvalue weighted by molar-refractivity contribution is -0.150. The number of hydrogen-bond donors (Lipinski definition) is 3. The van der Waals surface area contributed by atoms with Crippen molar-refractivity contribution >= 4 is 37.3 Å². The molecule has 2 heterocycles. The molecule has 0 amide bonds. The van der Waals surface area contributed by atoms with Gasteiger partial charge in [0.05, 0.1) is 24.6 Å². The van der Waals surface area contributed by atoms with Crippen LogP contribution in [0.25, 0.3) is 0 Å². The van der Waals surface area contributed by atoms with Gasteiger partial charge in [-0.2, -0.15) is 0 Å². The third-order valence-electron chi connectivity index (χ3n) is 6.77. The first kappa shape index (κ1) is 34.1. The van der Waals surface area contributed by atoms with Gasteiger partial charge in [0.25, 0.3) is 19.4 Å². The fourth-order valence-electron chi connectivity index (χ4n) is 4.76. The van der Waals surface area contributed by atoms with Crippen molar-refractivity contribution in [3.05, 3.63) is 29.6 Å². The van der Waals surface area contributed by atoms with E-state index in [0.29, 0.717) is 11.4 Å². The van der Waals surface area contributed by atoms with Crippen molar-refractivity contribution in [3.63, 3.8) is 0 Å². The minimum Gasteiger partial charge on any atom is -0.481 e. The van der Waals surface area contributed by atoms with Crippen molar-refractivity contribution in [2.45, 2.75) is 57.1 Å². The molecule has 2 rings (SSSR count). The summed E-state index contributed by atoms with van der Waals surface area (Å²) in [5, 5.41) is 29.1. The zero-order chi connectivity index (χ0) is 30.9. The normalized spacial score (nSPS) is 17.3. The van der Waals surface area contributed by atoms with Crippen LogP contribution in [0.4, 0.5) is 0 Å². The van der Waals surface area contributed by atoms with Gasteiger partial charge in [0.2, 0.25) is 0 Å². The Labute approximate surface area is 241 Å². The number of aliphatic carboxylic acids is 3. The summed E-state index contributed by atoms with van der Waals surface area (Å²) >= 11 is 0. The van der Waals surface area contributed by atoms with Crippen LogP contribution in [0.5, 0.6) is 0 Å². The SMILES string of the molecule is O=COCC[C@H](OC=O)N1CCN([C@H](CCOC=O)C(=O)O)CCN([C@H](CCC(=O)O)C(=O)O)Cc2cccc(n2)C1. The standard InChI is InChI=1S/C26H36N4O12/c31-16-40-12-6-22(26(38)39)28-8-10-29(21(25(36)37)4-5-24(34)35)14-19-2-1-3-20(27-19)15-30(11-9-28)23(42-18-33)7-13-41-17-32/h1-3,16-18,21-23H,4-15H2,(H,34,35)(H,36,37)(H,38,39)/t21-,22-,23+/m1/s1. The van der Waals surface area contributed by atoms with E-state index in [9.17, 15) is 39.0 Å². The number of rotatable bonds is 18. The second-order valence-corrected chi connectivity index (χ2v) is 9.44. The third kappa shape index (κ3) is 11.4. The number of pyridine rings is 1. The minimum atomic E-state index is -1.22. The molecular formula is C26H36N4O12. The fraction of sp³-hybridized carbons (Fsp3) is 0.577. The number of aromatic nitrogens is 1. The molecule has 3 N–H and O–H groups in total. The summed E-state index contributed by atoms with van der Waals surface area (Å²) in [5.41, 5.74) is 1.04. The predicted molar refractivity (Wildman–Crippen MR) is 141 cm³/mol. The van der Waals surface area contributed by atoms with Crippen molar-refractivity contribution in [1.82, 2.24) is 19.7 Å². The smallest absolute Gasteiger partial charge is 0.321 e. The van der Waals surface area contributed by atoms with Crippen LogP contribution in [-0.2, 0) is 56.1 Å². The van der Waals surface area contributed by atoms with Gasteiger partial charge in [0.15, 0.2) is 6.23 Å². The van der Waals surface area contributed by atoms with Crippen LogP contribution in [-0.4, -0.2) is 130 Å². The molecule has 2 bridgehead atoms. The lowest BCUT2D eigenvalue weighted by Gasteiger charge is -2.37. The zero-order valence-corrected chi connectivity index (χ0v) is 23.0. The van der Waals surface area contributed by atoms with E-state index in [4.69, 9.17) is 19.3 Å². The number of carboxylic acid groups (broad SMARTS) is 3. The molecule has 0 saturated carbocycles. The molecule has 1 aliphatic rings. The van der Waals surface area contributed by atoms with Gasteiger partial charge in [-0.05, 0) is 18.6 Å². The van der Waals surface area contributed by atoms with Crippen molar-refractivity contribution in [3.8, 4) is 0 Å². The summed E-state index contributed by atoms with van der Waals surface area (Å²) in [7, 11) is 0. The number of carbonyl (C=O) groups excluding carboxylic acids is 3. The molecule has 3 atom stereocenters. The average Bonchev–Trinajstić information content (AvgIpc) is 2.94. The molecule has 0 aromatic carbocycles. The summed E-state index contributed by atoms with van der Waals surface area (Å²) in [6.07, 6.45) is -1.33. The molecule has 0 radical (unpaired) electrons. The largest absolute Gasteiger partial charge is 0.481 e. The first-order chi connectivity index (χ1) is 20.2. The van der Waals surface area contributed by atoms with Crippen LogP contribution >= 0.6 is 0 Å². The van der Waals surface area contributed by atoms with Crippen LogP contribution in [0.1, 0.15) is 37.1 Å². The Kier molecular flexibility index (Phi) is 14.9. The number of fused-ring (bicyclic) bond motifs is 2. The van der Waals surface area contributed by atoms with Gasteiger partial charge in [-0.15, -0.1) is 0 Å². The summed E-state index contributed by atoms with van der Waals surface area (Å²) in [4.78, 5) is 77.9. The second kappa shape index (κ2) is 18.3. The van der Waals surface area contributed by atoms with E-state index in [0.717, 1.165) is 0 Å². The Bertz CT molecular complexity index is 1060. The van der Waals surface area contributed by atoms with Gasteiger partial charge in [-0.3, -0.25) is 48.5 Å². The number of carbonyl (C=O) groups is 6. The number of hydrogen-bond acceptors (Lipinski definition) is 13. The highest BCUT2D eigenvalue weighted by atomic mass is 16.5. The Morgan fingerprint density at radius 1 is 0.762 bits per heavy atom. The molecule has 1 aliphatic heterocycles. The quantitative estimate of drug-likeness (QED) is 0.110. The predicted octanol–water partition coefficient (Wildman–Crippen LogP) is -0.602. The van der Waals surface area contributed by atoms with Gasteiger partial charge in [0, 0.05) is 58.5 Å². The molecule has 1 aromatic rings. The molecule has 16 nitrogen and oxygen atoms in total. The van der Waals surface area contributed by atoms with Crippen LogP contribution in [0.2, 0.25) is 0 Å². The monoisotopic (exact) mass is 596 g/mol. The highest BCUT2D eigenvalue weighted by molar-refractivity contribution is 5.75. The van der Waals surface area contributed by atoms with Crippen LogP contribution in [0.15, 0.2) is 18.2 Å². The van der Waals surface area contributed by atoms with Gasteiger partial charge < -0.3 is 29.5 Å². The van der Waals surface area contributed by atoms with E-state index in [2.05, 4.69) is 4.98 Å². The van der Waals surface area contributed by atoms with Crippen LogP contribution in [0, 0.1) is 0 Å². The summed E-state index contributed by atoms with van der Waals surface area (Å²) in [5.74, 6) is -3.57. The van der Waals surface area contributed by atoms with Gasteiger partial charge >= 0.3 is 17.9 Å². The molecule has 0 spiro atoms. The van der Waals surface area contributed by atoms with E-state index in [-0.39, 0.29) is 97.6 Å². The van der Waals surface area contributed by atoms with E-state index in [1.54, 1.807) is 32.9 Å². The van der Waals surface area contributed by atoms with Crippen LogP contribution < -0.4 is 0 Å². The molecule has 42 heavy (non-hydrogen) atoms. The maximum atomic E-state index is 12.3. The molecule has 232 valence electrons. The third-order valence-corrected chi connectivity index (χ3v) is 6.77. The topological polar surface area (TPSA) is 213 Å². The fourth-order valence-corrected chi connectivity index (χ4v) is 4.76. The van der Waals surface area contributed by atoms with Gasteiger partial charge in [-0.25, -0.2) is 0 Å². The molecule has 0 aliphatic carbocycles. The van der Waals surface area contributed by atoms with Gasteiger partial charge in [0.1, 0.15) is 12.1 Å². The van der Waals surface area contributed by atoms with E-state index in [1.807, 2.05) is 0 Å². The van der Waals surface area contributed by atoms with Crippen molar-refractivity contribution in [2.24, 2.45) is 0 Å². The van der Waals surface area contributed by atoms with Crippen molar-refractivity contribution in [1.29, 1.82) is 0 Å². The number of ether oxygens (including phenoxy) is 3. The molecule has 0 unspecified atom stereocenters. The number of carboxylic acids is 3.